The van der Waals surface area contributed by atoms with Crippen LogP contribution >= 0.6 is 0 Å². The summed E-state index contributed by atoms with van der Waals surface area (Å²) in [6.45, 7) is 1.70. The zero-order valence-corrected chi connectivity index (χ0v) is 16.2. The third-order valence-corrected chi connectivity index (χ3v) is 6.83. The summed E-state index contributed by atoms with van der Waals surface area (Å²) in [6, 6.07) is 10.9. The molecule has 0 radical (unpaired) electrons. The number of aryl methyl sites for hydroxylation is 1. The lowest BCUT2D eigenvalue weighted by Crippen LogP contribution is -2.38. The van der Waals surface area contributed by atoms with Crippen LogP contribution in [0.5, 0.6) is 0 Å². The van der Waals surface area contributed by atoms with E-state index in [4.69, 9.17) is 0 Å². The minimum atomic E-state index is -3.63. The minimum Gasteiger partial charge on any atom is -0.325 e. The van der Waals surface area contributed by atoms with Gasteiger partial charge in [-0.2, -0.15) is 0 Å². The van der Waals surface area contributed by atoms with Gasteiger partial charge in [0, 0.05) is 5.69 Å². The number of benzene rings is 2. The molecule has 2 aromatic rings. The van der Waals surface area contributed by atoms with Gasteiger partial charge in [0.25, 0.3) is 0 Å². The van der Waals surface area contributed by atoms with Gasteiger partial charge in [-0.3, -0.25) is 4.79 Å². The molecule has 1 aliphatic carbocycles. The molecule has 0 bridgehead atoms. The monoisotopic (exact) mass is 390 g/mol. The first-order chi connectivity index (χ1) is 12.8. The SMILES string of the molecule is CNS(=O)(=O)c1cc(NC(=O)C2(c3cccc(F)c3)CCCC2)ccc1C. The molecule has 1 fully saturated rings. The quantitative estimate of drug-likeness (QED) is 0.821. The van der Waals surface area contributed by atoms with E-state index in [1.54, 1.807) is 31.2 Å². The molecule has 1 saturated carbocycles. The van der Waals surface area contributed by atoms with E-state index >= 15 is 0 Å². The summed E-state index contributed by atoms with van der Waals surface area (Å²) >= 11 is 0. The topological polar surface area (TPSA) is 75.3 Å². The van der Waals surface area contributed by atoms with Gasteiger partial charge in [-0.25, -0.2) is 17.5 Å². The van der Waals surface area contributed by atoms with E-state index in [0.29, 0.717) is 29.7 Å². The fourth-order valence-corrected chi connectivity index (χ4v) is 4.73. The highest BCUT2D eigenvalue weighted by Gasteiger charge is 2.43. The van der Waals surface area contributed by atoms with Crippen molar-refractivity contribution in [2.75, 3.05) is 12.4 Å². The maximum atomic E-state index is 13.7. The number of hydrogen-bond donors (Lipinski definition) is 2. The summed E-state index contributed by atoms with van der Waals surface area (Å²) in [4.78, 5) is 13.3. The van der Waals surface area contributed by atoms with Crippen LogP contribution in [0.15, 0.2) is 47.4 Å². The third-order valence-electron chi connectivity index (χ3n) is 5.27. The Hall–Kier alpha value is -2.25. The normalized spacial score (nSPS) is 16.3. The lowest BCUT2D eigenvalue weighted by molar-refractivity contribution is -0.121. The predicted octanol–water partition coefficient (Wildman–Crippen LogP) is 3.49. The van der Waals surface area contributed by atoms with Crippen LogP contribution in [0.25, 0.3) is 0 Å². The van der Waals surface area contributed by atoms with E-state index < -0.39 is 15.4 Å². The minimum absolute atomic E-state index is 0.119. The number of halogens is 1. The van der Waals surface area contributed by atoms with Crippen LogP contribution in [0.4, 0.5) is 10.1 Å². The van der Waals surface area contributed by atoms with Gasteiger partial charge in [-0.05, 0) is 62.2 Å². The largest absolute Gasteiger partial charge is 0.325 e. The second kappa shape index (κ2) is 7.40. The van der Waals surface area contributed by atoms with Crippen LogP contribution in [0, 0.1) is 12.7 Å². The standard InChI is InChI=1S/C20H23FN2O3S/c1-14-8-9-17(13-18(14)27(25,26)22-2)23-19(24)20(10-3-4-11-20)15-6-5-7-16(21)12-15/h5-9,12-13,22H,3-4,10-11H2,1-2H3,(H,23,24). The van der Waals surface area contributed by atoms with Crippen LogP contribution in [0.2, 0.25) is 0 Å². The summed E-state index contributed by atoms with van der Waals surface area (Å²) in [6.07, 6.45) is 3.04. The van der Waals surface area contributed by atoms with Gasteiger partial charge < -0.3 is 5.32 Å². The molecule has 2 N–H and O–H groups in total. The average molecular weight is 390 g/mol. The van der Waals surface area contributed by atoms with Crippen molar-refractivity contribution in [2.24, 2.45) is 0 Å². The molecule has 0 atom stereocenters. The second-order valence-electron chi connectivity index (χ2n) is 6.94. The van der Waals surface area contributed by atoms with Gasteiger partial charge in [0.2, 0.25) is 15.9 Å². The Morgan fingerprint density at radius 1 is 1.11 bits per heavy atom. The molecule has 3 rings (SSSR count). The van der Waals surface area contributed by atoms with Gasteiger partial charge in [0.1, 0.15) is 5.82 Å². The first kappa shape index (κ1) is 19.5. The molecule has 0 saturated heterocycles. The molecule has 0 heterocycles. The zero-order chi connectivity index (χ0) is 19.7. The van der Waals surface area contributed by atoms with Gasteiger partial charge in [0.05, 0.1) is 10.3 Å². The van der Waals surface area contributed by atoms with Crippen molar-refractivity contribution in [1.29, 1.82) is 0 Å². The number of rotatable bonds is 5. The summed E-state index contributed by atoms with van der Waals surface area (Å²) in [5.41, 5.74) is 0.854. The third kappa shape index (κ3) is 3.75. The molecule has 0 aliphatic heterocycles. The van der Waals surface area contributed by atoms with Gasteiger partial charge in [-0.1, -0.05) is 31.0 Å². The number of nitrogens with one attached hydrogen (secondary N) is 2. The molecule has 27 heavy (non-hydrogen) atoms. The molecular formula is C20H23FN2O3S. The van der Waals surface area contributed by atoms with E-state index in [0.717, 1.165) is 12.8 Å². The molecule has 0 unspecified atom stereocenters. The number of carbonyl (C=O) groups is 1. The molecule has 0 aromatic heterocycles. The zero-order valence-electron chi connectivity index (χ0n) is 15.4. The Morgan fingerprint density at radius 3 is 2.44 bits per heavy atom. The van der Waals surface area contributed by atoms with E-state index in [-0.39, 0.29) is 16.6 Å². The Labute approximate surface area is 159 Å². The fraction of sp³-hybridized carbons (Fsp3) is 0.350. The molecule has 1 amide bonds. The van der Waals surface area contributed by atoms with Gasteiger partial charge in [-0.15, -0.1) is 0 Å². The van der Waals surface area contributed by atoms with Crippen molar-refractivity contribution in [3.63, 3.8) is 0 Å². The van der Waals surface area contributed by atoms with E-state index in [2.05, 4.69) is 10.0 Å². The van der Waals surface area contributed by atoms with Crippen molar-refractivity contribution in [3.8, 4) is 0 Å². The number of amides is 1. The van der Waals surface area contributed by atoms with Crippen LogP contribution in [-0.4, -0.2) is 21.4 Å². The second-order valence-corrected chi connectivity index (χ2v) is 8.80. The molecule has 5 nitrogen and oxygen atoms in total. The average Bonchev–Trinajstić information content (AvgIpc) is 3.14. The smallest absolute Gasteiger partial charge is 0.240 e. The molecule has 144 valence electrons. The fourth-order valence-electron chi connectivity index (χ4n) is 3.74. The van der Waals surface area contributed by atoms with Crippen LogP contribution < -0.4 is 10.0 Å². The number of carbonyl (C=O) groups excluding carboxylic acids is 1. The lowest BCUT2D eigenvalue weighted by Gasteiger charge is -2.28. The van der Waals surface area contributed by atoms with Crippen molar-refractivity contribution >= 4 is 21.6 Å². The molecule has 7 heteroatoms. The van der Waals surface area contributed by atoms with E-state index in [1.807, 2.05) is 0 Å². The van der Waals surface area contributed by atoms with Gasteiger partial charge >= 0.3 is 0 Å². The van der Waals surface area contributed by atoms with Crippen molar-refractivity contribution in [2.45, 2.75) is 42.9 Å². The van der Waals surface area contributed by atoms with Gasteiger partial charge in [0.15, 0.2) is 0 Å². The Kier molecular flexibility index (Phi) is 5.35. The Bertz CT molecular complexity index is 967. The first-order valence-electron chi connectivity index (χ1n) is 8.90. The van der Waals surface area contributed by atoms with Crippen LogP contribution in [0.3, 0.4) is 0 Å². The number of hydrogen-bond acceptors (Lipinski definition) is 3. The van der Waals surface area contributed by atoms with Crippen molar-refractivity contribution in [1.82, 2.24) is 4.72 Å². The maximum Gasteiger partial charge on any atom is 0.240 e. The summed E-state index contributed by atoms with van der Waals surface area (Å²) in [5.74, 6) is -0.605. The highest BCUT2D eigenvalue weighted by molar-refractivity contribution is 7.89. The summed E-state index contributed by atoms with van der Waals surface area (Å²) in [5, 5.41) is 2.85. The van der Waals surface area contributed by atoms with E-state index in [9.17, 15) is 17.6 Å². The van der Waals surface area contributed by atoms with Crippen molar-refractivity contribution in [3.05, 3.63) is 59.4 Å². The first-order valence-corrected chi connectivity index (χ1v) is 10.4. The van der Waals surface area contributed by atoms with Crippen LogP contribution in [0.1, 0.15) is 36.8 Å². The Balaban J connectivity index is 1.95. The van der Waals surface area contributed by atoms with Crippen LogP contribution in [-0.2, 0) is 20.2 Å². The number of sulfonamides is 1. The highest BCUT2D eigenvalue weighted by Crippen LogP contribution is 2.42. The summed E-state index contributed by atoms with van der Waals surface area (Å²) < 4.78 is 40.4. The van der Waals surface area contributed by atoms with Crippen molar-refractivity contribution < 1.29 is 17.6 Å². The molecule has 1 aliphatic rings. The number of anilines is 1. The highest BCUT2D eigenvalue weighted by atomic mass is 32.2. The summed E-state index contributed by atoms with van der Waals surface area (Å²) in [7, 11) is -2.29. The molecule has 0 spiro atoms. The molecular weight excluding hydrogens is 367 g/mol. The van der Waals surface area contributed by atoms with E-state index in [1.165, 1.54) is 25.2 Å². The predicted molar refractivity (Wildman–Crippen MR) is 103 cm³/mol. The maximum absolute atomic E-state index is 13.7. The lowest BCUT2D eigenvalue weighted by atomic mass is 9.78. The molecule has 2 aromatic carbocycles. The Morgan fingerprint density at radius 2 is 1.81 bits per heavy atom.